The molecule has 1 heterocycles. The molecule has 0 saturated carbocycles. The lowest BCUT2D eigenvalue weighted by molar-refractivity contribution is 0.0727. The van der Waals surface area contributed by atoms with Gasteiger partial charge in [0, 0.05) is 26.0 Å². The van der Waals surface area contributed by atoms with E-state index in [9.17, 15) is 4.79 Å². The Morgan fingerprint density at radius 1 is 1.47 bits per heavy atom. The summed E-state index contributed by atoms with van der Waals surface area (Å²) in [4.78, 5) is 15.1. The second-order valence-electron chi connectivity index (χ2n) is 2.81. The van der Waals surface area contributed by atoms with E-state index in [1.165, 1.54) is 10.9 Å². The maximum atomic E-state index is 11.3. The summed E-state index contributed by atoms with van der Waals surface area (Å²) in [5, 5.41) is 2.68. The van der Waals surface area contributed by atoms with Gasteiger partial charge in [0.1, 0.15) is 6.33 Å². The van der Waals surface area contributed by atoms with E-state index >= 15 is 0 Å². The number of methoxy groups -OCH3 is 1. The third-order valence-corrected chi connectivity index (χ3v) is 1.69. The van der Waals surface area contributed by atoms with Crippen molar-refractivity contribution in [2.45, 2.75) is 0 Å². The van der Waals surface area contributed by atoms with Gasteiger partial charge in [0.2, 0.25) is 0 Å². The number of aromatic nitrogens is 2. The van der Waals surface area contributed by atoms with E-state index in [-0.39, 0.29) is 6.03 Å². The number of carbonyl (C=O) groups excluding carboxylic acids is 1. The summed E-state index contributed by atoms with van der Waals surface area (Å²) in [5.41, 5.74) is 0. The molecule has 0 bridgehead atoms. The van der Waals surface area contributed by atoms with Gasteiger partial charge in [-0.25, -0.2) is 9.78 Å². The van der Waals surface area contributed by atoms with Gasteiger partial charge in [-0.1, -0.05) is 0 Å². The second-order valence-corrected chi connectivity index (χ2v) is 2.81. The molecule has 84 valence electrons. The van der Waals surface area contributed by atoms with Crippen LogP contribution in [0.5, 0.6) is 0 Å². The van der Waals surface area contributed by atoms with Crippen LogP contribution in [0.15, 0.2) is 18.7 Å². The number of amides is 1. The fraction of sp³-hybridized carbons (Fsp3) is 0.556. The monoisotopic (exact) mass is 213 g/mol. The highest BCUT2D eigenvalue weighted by Gasteiger charge is 2.00. The van der Waals surface area contributed by atoms with Gasteiger partial charge in [-0.3, -0.25) is 4.57 Å². The van der Waals surface area contributed by atoms with Crippen molar-refractivity contribution in [3.05, 3.63) is 18.7 Å². The lowest BCUT2D eigenvalue weighted by Gasteiger charge is -2.05. The van der Waals surface area contributed by atoms with Crippen molar-refractivity contribution >= 4 is 6.03 Å². The molecule has 0 aliphatic heterocycles. The first kappa shape index (κ1) is 11.7. The summed E-state index contributed by atoms with van der Waals surface area (Å²) in [7, 11) is 1.62. The van der Waals surface area contributed by atoms with E-state index in [1.807, 2.05) is 0 Å². The van der Waals surface area contributed by atoms with E-state index in [2.05, 4.69) is 10.3 Å². The average molecular weight is 213 g/mol. The summed E-state index contributed by atoms with van der Waals surface area (Å²) >= 11 is 0. The maximum absolute atomic E-state index is 11.3. The van der Waals surface area contributed by atoms with Crippen LogP contribution in [0.1, 0.15) is 0 Å². The zero-order valence-electron chi connectivity index (χ0n) is 8.68. The van der Waals surface area contributed by atoms with Gasteiger partial charge in [-0.2, -0.15) is 0 Å². The van der Waals surface area contributed by atoms with Gasteiger partial charge in [-0.05, 0) is 0 Å². The van der Waals surface area contributed by atoms with Crippen LogP contribution in [0.3, 0.4) is 0 Å². The van der Waals surface area contributed by atoms with Crippen LogP contribution < -0.4 is 5.32 Å². The number of carbonyl (C=O) groups is 1. The summed E-state index contributed by atoms with van der Waals surface area (Å²) in [6.45, 7) is 2.05. The summed E-state index contributed by atoms with van der Waals surface area (Å²) in [6, 6.07) is -0.206. The third-order valence-electron chi connectivity index (χ3n) is 1.69. The molecule has 0 saturated heterocycles. The molecule has 15 heavy (non-hydrogen) atoms. The minimum atomic E-state index is -0.206. The quantitative estimate of drug-likeness (QED) is 0.681. The number of rotatable bonds is 6. The number of nitrogens with one attached hydrogen (secondary N) is 1. The molecule has 6 heteroatoms. The first-order valence-electron chi connectivity index (χ1n) is 4.67. The molecule has 6 nitrogen and oxygen atoms in total. The largest absolute Gasteiger partial charge is 0.382 e. The van der Waals surface area contributed by atoms with Crippen molar-refractivity contribution in [2.24, 2.45) is 0 Å². The normalized spacial score (nSPS) is 10.2. The van der Waals surface area contributed by atoms with Gasteiger partial charge in [0.15, 0.2) is 0 Å². The SMILES string of the molecule is COCCOCCNC(=O)n1ccnc1. The van der Waals surface area contributed by atoms with E-state index in [0.717, 1.165) is 0 Å². The van der Waals surface area contributed by atoms with Crippen LogP contribution in [-0.2, 0) is 9.47 Å². The molecule has 1 amide bonds. The molecule has 0 fully saturated rings. The molecule has 0 unspecified atom stereocenters. The van der Waals surface area contributed by atoms with Crippen LogP contribution in [0.2, 0.25) is 0 Å². The number of nitrogens with zero attached hydrogens (tertiary/aromatic N) is 2. The van der Waals surface area contributed by atoms with E-state index in [1.54, 1.807) is 19.5 Å². The molecule has 1 aromatic rings. The minimum Gasteiger partial charge on any atom is -0.382 e. The fourth-order valence-corrected chi connectivity index (χ4v) is 0.945. The number of ether oxygens (including phenoxy) is 2. The zero-order valence-corrected chi connectivity index (χ0v) is 8.68. The molecule has 0 spiro atoms. The highest BCUT2D eigenvalue weighted by Crippen LogP contribution is 1.84. The van der Waals surface area contributed by atoms with E-state index < -0.39 is 0 Å². The lowest BCUT2D eigenvalue weighted by Crippen LogP contribution is -2.30. The van der Waals surface area contributed by atoms with Gasteiger partial charge < -0.3 is 14.8 Å². The zero-order chi connectivity index (χ0) is 10.9. The van der Waals surface area contributed by atoms with Crippen LogP contribution in [-0.4, -0.2) is 49.1 Å². The van der Waals surface area contributed by atoms with Crippen LogP contribution >= 0.6 is 0 Å². The molecular formula is C9H15N3O3. The Kier molecular flexibility index (Phi) is 5.42. The number of hydrogen-bond acceptors (Lipinski definition) is 4. The van der Waals surface area contributed by atoms with Crippen molar-refractivity contribution < 1.29 is 14.3 Å². The van der Waals surface area contributed by atoms with Gasteiger partial charge in [-0.15, -0.1) is 0 Å². The molecule has 0 aliphatic carbocycles. The lowest BCUT2D eigenvalue weighted by atomic mass is 10.6. The van der Waals surface area contributed by atoms with Crippen molar-refractivity contribution in [3.8, 4) is 0 Å². The Hall–Kier alpha value is -1.40. The minimum absolute atomic E-state index is 0.206. The maximum Gasteiger partial charge on any atom is 0.326 e. The Labute approximate surface area is 88.2 Å². The smallest absolute Gasteiger partial charge is 0.326 e. The van der Waals surface area contributed by atoms with Gasteiger partial charge >= 0.3 is 6.03 Å². The van der Waals surface area contributed by atoms with Crippen LogP contribution in [0.25, 0.3) is 0 Å². The van der Waals surface area contributed by atoms with Gasteiger partial charge in [0.25, 0.3) is 0 Å². The number of imidazole rings is 1. The summed E-state index contributed by atoms with van der Waals surface area (Å²) < 4.78 is 11.4. The first-order chi connectivity index (χ1) is 7.34. The molecule has 1 N–H and O–H groups in total. The highest BCUT2D eigenvalue weighted by molar-refractivity contribution is 5.76. The molecule has 1 rings (SSSR count). The second kappa shape index (κ2) is 6.97. The molecule has 0 aliphatic rings. The molecule has 1 aromatic heterocycles. The Bertz CT molecular complexity index is 274. The highest BCUT2D eigenvalue weighted by atomic mass is 16.5. The Balaban J connectivity index is 2.03. The molecular weight excluding hydrogens is 198 g/mol. The van der Waals surface area contributed by atoms with Gasteiger partial charge in [0.05, 0.1) is 19.8 Å². The van der Waals surface area contributed by atoms with Crippen molar-refractivity contribution in [2.75, 3.05) is 33.5 Å². The van der Waals surface area contributed by atoms with Crippen LogP contribution in [0, 0.1) is 0 Å². The Morgan fingerprint density at radius 2 is 2.33 bits per heavy atom. The van der Waals surface area contributed by atoms with Crippen molar-refractivity contribution in [1.82, 2.24) is 14.9 Å². The fourth-order valence-electron chi connectivity index (χ4n) is 0.945. The first-order valence-corrected chi connectivity index (χ1v) is 4.67. The summed E-state index contributed by atoms with van der Waals surface area (Å²) in [6.07, 6.45) is 4.58. The summed E-state index contributed by atoms with van der Waals surface area (Å²) in [5.74, 6) is 0. The molecule has 0 atom stereocenters. The van der Waals surface area contributed by atoms with E-state index in [0.29, 0.717) is 26.4 Å². The van der Waals surface area contributed by atoms with Crippen molar-refractivity contribution in [3.63, 3.8) is 0 Å². The van der Waals surface area contributed by atoms with E-state index in [4.69, 9.17) is 9.47 Å². The standard InChI is InChI=1S/C9H15N3O3/c1-14-6-7-15-5-3-11-9(13)12-4-2-10-8-12/h2,4,8H,3,5-7H2,1H3,(H,11,13). The topological polar surface area (TPSA) is 65.4 Å². The molecule has 0 radical (unpaired) electrons. The van der Waals surface area contributed by atoms with Crippen LogP contribution in [0.4, 0.5) is 4.79 Å². The third kappa shape index (κ3) is 4.57. The molecule has 0 aromatic carbocycles. The number of hydrogen-bond donors (Lipinski definition) is 1. The predicted molar refractivity (Wildman–Crippen MR) is 53.7 cm³/mol. The predicted octanol–water partition coefficient (Wildman–Crippen LogP) is 0.104. The Morgan fingerprint density at radius 3 is 3.00 bits per heavy atom. The average Bonchev–Trinajstić information content (AvgIpc) is 2.76. The van der Waals surface area contributed by atoms with Crippen molar-refractivity contribution in [1.29, 1.82) is 0 Å².